The molecule has 0 spiro atoms. The Balaban J connectivity index is 1.76. The first-order chi connectivity index (χ1) is 7.31. The van der Waals surface area contributed by atoms with E-state index in [1.807, 2.05) is 6.92 Å². The normalized spacial score (nSPS) is 32.1. The topological polar surface area (TPSA) is 57.9 Å². The van der Waals surface area contributed by atoms with Crippen LogP contribution >= 0.6 is 11.5 Å². The molecule has 1 aliphatic carbocycles. The number of ether oxygens (including phenoxy) is 1. The summed E-state index contributed by atoms with van der Waals surface area (Å²) in [6, 6.07) is 2.70. The first-order valence-corrected chi connectivity index (χ1v) is 5.79. The van der Waals surface area contributed by atoms with E-state index in [1.165, 1.54) is 11.5 Å². The van der Waals surface area contributed by atoms with E-state index in [-0.39, 0.29) is 0 Å². The van der Waals surface area contributed by atoms with Gasteiger partial charge in [0.15, 0.2) is 0 Å². The van der Waals surface area contributed by atoms with E-state index in [4.69, 9.17) is 10.00 Å². The van der Waals surface area contributed by atoms with Gasteiger partial charge in [0.25, 0.3) is 0 Å². The standard InChI is InChI=1S/C10H11N3OS/c1-5-6(2-11)10(15-13-5)12-9-7-3-14-4-8(7)9/h7-9,12H,3-4H2,1H3/t7-,8+,9?. The van der Waals surface area contributed by atoms with Crippen LogP contribution in [0.15, 0.2) is 0 Å². The van der Waals surface area contributed by atoms with Gasteiger partial charge in [-0.2, -0.15) is 9.64 Å². The van der Waals surface area contributed by atoms with Crippen LogP contribution in [0.25, 0.3) is 0 Å². The van der Waals surface area contributed by atoms with Crippen LogP contribution in [-0.2, 0) is 4.74 Å². The van der Waals surface area contributed by atoms with Crippen molar-refractivity contribution in [2.45, 2.75) is 13.0 Å². The van der Waals surface area contributed by atoms with Crippen molar-refractivity contribution >= 4 is 16.5 Å². The van der Waals surface area contributed by atoms with Crippen molar-refractivity contribution in [3.8, 4) is 6.07 Å². The molecule has 1 N–H and O–H groups in total. The molecule has 1 saturated heterocycles. The number of nitriles is 1. The fraction of sp³-hybridized carbons (Fsp3) is 0.600. The van der Waals surface area contributed by atoms with Gasteiger partial charge in [-0.15, -0.1) is 0 Å². The number of nitrogens with one attached hydrogen (secondary N) is 1. The number of aryl methyl sites for hydroxylation is 1. The van der Waals surface area contributed by atoms with Crippen LogP contribution in [0.4, 0.5) is 5.00 Å². The lowest BCUT2D eigenvalue weighted by molar-refractivity contribution is 0.162. The summed E-state index contributed by atoms with van der Waals surface area (Å²) in [5.41, 5.74) is 1.53. The van der Waals surface area contributed by atoms with E-state index < -0.39 is 0 Å². The Kier molecular flexibility index (Phi) is 1.94. The highest BCUT2D eigenvalue weighted by Gasteiger charge is 2.54. The molecular formula is C10H11N3OS. The van der Waals surface area contributed by atoms with Crippen molar-refractivity contribution < 1.29 is 4.74 Å². The quantitative estimate of drug-likeness (QED) is 0.819. The summed E-state index contributed by atoms with van der Waals surface area (Å²) in [5.74, 6) is 1.30. The Morgan fingerprint density at radius 2 is 2.27 bits per heavy atom. The van der Waals surface area contributed by atoms with Crippen molar-refractivity contribution in [2.75, 3.05) is 18.5 Å². The number of hydrogen-bond acceptors (Lipinski definition) is 5. The maximum Gasteiger partial charge on any atom is 0.127 e. The van der Waals surface area contributed by atoms with Crippen molar-refractivity contribution in [3.63, 3.8) is 0 Å². The lowest BCUT2D eigenvalue weighted by Crippen LogP contribution is -2.12. The lowest BCUT2D eigenvalue weighted by Gasteiger charge is -2.05. The Morgan fingerprint density at radius 3 is 2.93 bits per heavy atom. The van der Waals surface area contributed by atoms with Gasteiger partial charge in [0.1, 0.15) is 16.6 Å². The molecule has 15 heavy (non-hydrogen) atoms. The summed E-state index contributed by atoms with van der Waals surface area (Å²) in [5, 5.41) is 13.3. The molecule has 0 radical (unpaired) electrons. The minimum absolute atomic E-state index is 0.505. The van der Waals surface area contributed by atoms with Gasteiger partial charge in [-0.1, -0.05) is 0 Å². The van der Waals surface area contributed by atoms with Crippen LogP contribution in [-0.4, -0.2) is 23.6 Å². The number of nitrogens with zero attached hydrogens (tertiary/aromatic N) is 2. The molecule has 1 aromatic heterocycles. The first-order valence-electron chi connectivity index (χ1n) is 5.02. The highest BCUT2D eigenvalue weighted by Crippen LogP contribution is 2.46. The summed E-state index contributed by atoms with van der Waals surface area (Å²) >= 11 is 1.38. The summed E-state index contributed by atoms with van der Waals surface area (Å²) in [7, 11) is 0. The Morgan fingerprint density at radius 1 is 1.53 bits per heavy atom. The molecule has 1 unspecified atom stereocenters. The van der Waals surface area contributed by atoms with Crippen LogP contribution < -0.4 is 5.32 Å². The van der Waals surface area contributed by atoms with Gasteiger partial charge in [-0.05, 0) is 18.5 Å². The molecule has 0 amide bonds. The predicted molar refractivity (Wildman–Crippen MR) is 56.8 cm³/mol. The molecule has 0 bridgehead atoms. The minimum atomic E-state index is 0.505. The van der Waals surface area contributed by atoms with Gasteiger partial charge in [0, 0.05) is 17.9 Å². The van der Waals surface area contributed by atoms with Crippen LogP contribution in [0.3, 0.4) is 0 Å². The molecule has 2 heterocycles. The fourth-order valence-electron chi connectivity index (χ4n) is 2.21. The Labute approximate surface area is 92.0 Å². The summed E-state index contributed by atoms with van der Waals surface area (Å²) in [6.45, 7) is 3.60. The van der Waals surface area contributed by atoms with Gasteiger partial charge in [-0.25, -0.2) is 0 Å². The van der Waals surface area contributed by atoms with E-state index in [0.29, 0.717) is 23.4 Å². The molecule has 3 atom stereocenters. The van der Waals surface area contributed by atoms with Gasteiger partial charge in [0.2, 0.25) is 0 Å². The number of fused-ring (bicyclic) bond motifs is 1. The summed E-state index contributed by atoms with van der Waals surface area (Å²) < 4.78 is 9.51. The second kappa shape index (κ2) is 3.19. The largest absolute Gasteiger partial charge is 0.381 e. The van der Waals surface area contributed by atoms with Crippen molar-refractivity contribution in [1.29, 1.82) is 5.26 Å². The van der Waals surface area contributed by atoms with E-state index in [9.17, 15) is 0 Å². The third-order valence-corrected chi connectivity index (χ3v) is 4.09. The van der Waals surface area contributed by atoms with E-state index >= 15 is 0 Å². The number of anilines is 1. The number of hydrogen-bond donors (Lipinski definition) is 1. The molecule has 2 aliphatic rings. The van der Waals surface area contributed by atoms with Gasteiger partial charge in [-0.3, -0.25) is 0 Å². The summed E-state index contributed by atoms with van der Waals surface area (Å²) in [6.07, 6.45) is 0. The zero-order chi connectivity index (χ0) is 10.4. The lowest BCUT2D eigenvalue weighted by atomic mass is 10.3. The SMILES string of the molecule is Cc1nsc(NC2[C@H]3COC[C@@H]23)c1C#N. The number of aromatic nitrogens is 1. The third-order valence-electron chi connectivity index (χ3n) is 3.22. The van der Waals surface area contributed by atoms with Gasteiger partial charge in [0.05, 0.1) is 18.9 Å². The smallest absolute Gasteiger partial charge is 0.127 e. The van der Waals surface area contributed by atoms with E-state index in [0.717, 1.165) is 23.9 Å². The molecule has 3 rings (SSSR count). The minimum Gasteiger partial charge on any atom is -0.381 e. The Hall–Kier alpha value is -1.12. The molecule has 1 aliphatic heterocycles. The number of rotatable bonds is 2. The first kappa shape index (κ1) is 9.13. The molecule has 0 aromatic carbocycles. The van der Waals surface area contributed by atoms with Crippen molar-refractivity contribution in [2.24, 2.45) is 11.8 Å². The zero-order valence-corrected chi connectivity index (χ0v) is 9.17. The molecule has 4 nitrogen and oxygen atoms in total. The van der Waals surface area contributed by atoms with Crippen LogP contribution in [0.2, 0.25) is 0 Å². The van der Waals surface area contributed by atoms with Crippen molar-refractivity contribution in [1.82, 2.24) is 4.37 Å². The molecule has 78 valence electrons. The van der Waals surface area contributed by atoms with Crippen LogP contribution in [0.1, 0.15) is 11.3 Å². The highest BCUT2D eigenvalue weighted by molar-refractivity contribution is 7.10. The van der Waals surface area contributed by atoms with Crippen LogP contribution in [0.5, 0.6) is 0 Å². The molecular weight excluding hydrogens is 210 g/mol. The average Bonchev–Trinajstić information content (AvgIpc) is 2.66. The second-order valence-corrected chi connectivity index (χ2v) is 4.89. The van der Waals surface area contributed by atoms with Crippen LogP contribution in [0, 0.1) is 30.1 Å². The molecule has 1 aromatic rings. The van der Waals surface area contributed by atoms with Crippen molar-refractivity contribution in [3.05, 3.63) is 11.3 Å². The third kappa shape index (κ3) is 1.33. The highest BCUT2D eigenvalue weighted by atomic mass is 32.1. The second-order valence-electron chi connectivity index (χ2n) is 4.12. The predicted octanol–water partition coefficient (Wildman–Crippen LogP) is 1.38. The average molecular weight is 221 g/mol. The van der Waals surface area contributed by atoms with E-state index in [2.05, 4.69) is 15.8 Å². The Bertz CT molecular complexity index is 426. The fourth-order valence-corrected chi connectivity index (χ4v) is 3.00. The molecule has 1 saturated carbocycles. The molecule has 2 fully saturated rings. The van der Waals surface area contributed by atoms with Gasteiger partial charge < -0.3 is 10.1 Å². The van der Waals surface area contributed by atoms with E-state index in [1.54, 1.807) is 0 Å². The summed E-state index contributed by atoms with van der Waals surface area (Å²) in [4.78, 5) is 0. The maximum atomic E-state index is 8.98. The van der Waals surface area contributed by atoms with Gasteiger partial charge >= 0.3 is 0 Å². The maximum absolute atomic E-state index is 8.98. The molecule has 5 heteroatoms. The zero-order valence-electron chi connectivity index (χ0n) is 8.36. The monoisotopic (exact) mass is 221 g/mol.